The molecule has 0 aliphatic heterocycles. The predicted octanol–water partition coefficient (Wildman–Crippen LogP) is 2.51. The third-order valence-electron chi connectivity index (χ3n) is 2.65. The van der Waals surface area contributed by atoms with Crippen LogP contribution >= 0.6 is 22.6 Å². The van der Waals surface area contributed by atoms with Gasteiger partial charge in [0.2, 0.25) is 0 Å². The van der Waals surface area contributed by atoms with Crippen LogP contribution in [-0.4, -0.2) is 31.2 Å². The van der Waals surface area contributed by atoms with E-state index in [1.54, 1.807) is 29.7 Å². The number of likely N-dealkylation sites (N-methyl/N-ethyl adjacent to an activating group) is 1. The van der Waals surface area contributed by atoms with Crippen molar-refractivity contribution in [3.63, 3.8) is 0 Å². The molecule has 1 aromatic rings. The maximum Gasteiger partial charge on any atom is 0.273 e. The molecule has 0 bridgehead atoms. The van der Waals surface area contributed by atoms with Gasteiger partial charge in [0, 0.05) is 24.8 Å². The lowest BCUT2D eigenvalue weighted by atomic mass is 10.0. The Morgan fingerprint density at radius 3 is 2.79 bits per heavy atom. The van der Waals surface area contributed by atoms with Gasteiger partial charge in [0.1, 0.15) is 5.82 Å². The normalized spacial score (nSPS) is 12.4. The predicted molar refractivity (Wildman–Crippen MR) is 78.8 cm³/mol. The fraction of sp³-hybridized carbons (Fsp3) is 0.500. The van der Waals surface area contributed by atoms with E-state index in [0.29, 0.717) is 25.1 Å². The summed E-state index contributed by atoms with van der Waals surface area (Å²) < 4.78 is 18.9. The Morgan fingerprint density at radius 2 is 2.26 bits per heavy atom. The molecule has 1 aromatic carbocycles. The van der Waals surface area contributed by atoms with E-state index in [1.165, 1.54) is 12.1 Å². The molecule has 0 radical (unpaired) electrons. The van der Waals surface area contributed by atoms with Crippen molar-refractivity contribution in [1.29, 1.82) is 0 Å². The average molecular weight is 382 g/mol. The molecule has 7 heteroatoms. The van der Waals surface area contributed by atoms with Crippen LogP contribution in [0.15, 0.2) is 12.1 Å². The van der Waals surface area contributed by atoms with Crippen LogP contribution in [0.1, 0.15) is 12.5 Å². The number of hydrogen-bond donors (Lipinski definition) is 1. The summed E-state index contributed by atoms with van der Waals surface area (Å²) in [5.74, 6) is -0.436. The Morgan fingerprint density at radius 1 is 1.58 bits per heavy atom. The number of benzene rings is 1. The highest BCUT2D eigenvalue weighted by Crippen LogP contribution is 2.25. The quantitative estimate of drug-likeness (QED) is 0.447. The maximum absolute atomic E-state index is 13.6. The number of nitrogens with zero attached hydrogens (tertiary/aromatic N) is 1. The number of halogens is 2. The van der Waals surface area contributed by atoms with Crippen LogP contribution in [-0.2, 0) is 11.2 Å². The van der Waals surface area contributed by atoms with Gasteiger partial charge in [-0.1, -0.05) is 6.92 Å². The second kappa shape index (κ2) is 7.71. The summed E-state index contributed by atoms with van der Waals surface area (Å²) >= 11 is 1.75. The summed E-state index contributed by atoms with van der Waals surface area (Å²) in [4.78, 5) is 10.5. The molecule has 0 spiro atoms. The SMILES string of the molecule is CCNC(COC)Cc1cc(F)c(I)cc1[N+](=O)[O-]. The number of nitro benzene ring substituents is 1. The third kappa shape index (κ3) is 4.66. The first-order chi connectivity index (χ1) is 8.99. The van der Waals surface area contributed by atoms with Gasteiger partial charge in [-0.3, -0.25) is 10.1 Å². The van der Waals surface area contributed by atoms with E-state index < -0.39 is 10.7 Å². The molecule has 0 saturated carbocycles. The van der Waals surface area contributed by atoms with Crippen LogP contribution in [0.25, 0.3) is 0 Å². The molecule has 106 valence electrons. The van der Waals surface area contributed by atoms with E-state index in [-0.39, 0.29) is 15.3 Å². The second-order valence-electron chi connectivity index (χ2n) is 4.07. The molecule has 0 aromatic heterocycles. The average Bonchev–Trinajstić information content (AvgIpc) is 2.33. The molecule has 5 nitrogen and oxygen atoms in total. The van der Waals surface area contributed by atoms with Crippen molar-refractivity contribution in [2.24, 2.45) is 0 Å². The number of hydrogen-bond acceptors (Lipinski definition) is 4. The van der Waals surface area contributed by atoms with Crippen molar-refractivity contribution in [2.45, 2.75) is 19.4 Å². The first-order valence-corrected chi connectivity index (χ1v) is 6.92. The van der Waals surface area contributed by atoms with Crippen molar-refractivity contribution >= 4 is 28.3 Å². The molecule has 0 aliphatic carbocycles. The van der Waals surface area contributed by atoms with Gasteiger partial charge in [-0.05, 0) is 41.6 Å². The summed E-state index contributed by atoms with van der Waals surface area (Å²) in [7, 11) is 1.56. The summed E-state index contributed by atoms with van der Waals surface area (Å²) in [5, 5.41) is 14.2. The minimum atomic E-state index is -0.479. The van der Waals surface area contributed by atoms with Gasteiger partial charge in [0.25, 0.3) is 5.69 Å². The van der Waals surface area contributed by atoms with Crippen molar-refractivity contribution in [2.75, 3.05) is 20.3 Å². The number of rotatable bonds is 7. The number of nitro groups is 1. The van der Waals surface area contributed by atoms with Crippen LogP contribution in [0.2, 0.25) is 0 Å². The number of ether oxygens (including phenoxy) is 1. The molecule has 0 saturated heterocycles. The zero-order chi connectivity index (χ0) is 14.4. The van der Waals surface area contributed by atoms with E-state index in [1.807, 2.05) is 6.92 Å². The third-order valence-corrected chi connectivity index (χ3v) is 3.47. The standard InChI is InChI=1S/C12H16FIN2O3/c1-3-15-9(7-19-2)4-8-5-10(13)11(14)6-12(8)16(17)18/h5-6,9,15H,3-4,7H2,1-2H3. The lowest BCUT2D eigenvalue weighted by Crippen LogP contribution is -2.35. The van der Waals surface area contributed by atoms with Gasteiger partial charge in [-0.25, -0.2) is 4.39 Å². The molecule has 19 heavy (non-hydrogen) atoms. The van der Waals surface area contributed by atoms with Crippen LogP contribution < -0.4 is 5.32 Å². The lowest BCUT2D eigenvalue weighted by Gasteiger charge is -2.17. The molecule has 1 N–H and O–H groups in total. The van der Waals surface area contributed by atoms with Crippen molar-refractivity contribution in [3.05, 3.63) is 37.2 Å². The zero-order valence-corrected chi connectivity index (χ0v) is 12.9. The molecule has 0 heterocycles. The number of methoxy groups -OCH3 is 1. The molecular weight excluding hydrogens is 366 g/mol. The highest BCUT2D eigenvalue weighted by atomic mass is 127. The highest BCUT2D eigenvalue weighted by Gasteiger charge is 2.20. The minimum Gasteiger partial charge on any atom is -0.383 e. The maximum atomic E-state index is 13.6. The summed E-state index contributed by atoms with van der Waals surface area (Å²) in [6.07, 6.45) is 0.353. The lowest BCUT2D eigenvalue weighted by molar-refractivity contribution is -0.385. The smallest absolute Gasteiger partial charge is 0.273 e. The van der Waals surface area contributed by atoms with E-state index in [2.05, 4.69) is 5.32 Å². The Bertz CT molecular complexity index is 451. The van der Waals surface area contributed by atoms with Gasteiger partial charge in [-0.2, -0.15) is 0 Å². The highest BCUT2D eigenvalue weighted by molar-refractivity contribution is 14.1. The van der Waals surface area contributed by atoms with Gasteiger partial charge in [0.05, 0.1) is 15.1 Å². The molecule has 0 fully saturated rings. The summed E-state index contributed by atoms with van der Waals surface area (Å²) in [5.41, 5.74) is 0.329. The molecule has 0 amide bonds. The van der Waals surface area contributed by atoms with Crippen molar-refractivity contribution < 1.29 is 14.1 Å². The fourth-order valence-corrected chi connectivity index (χ4v) is 2.31. The van der Waals surface area contributed by atoms with E-state index in [0.717, 1.165) is 0 Å². The summed E-state index contributed by atoms with van der Waals surface area (Å²) in [6.45, 7) is 3.07. The number of nitrogens with one attached hydrogen (secondary N) is 1. The minimum absolute atomic E-state index is 0.0511. The largest absolute Gasteiger partial charge is 0.383 e. The topological polar surface area (TPSA) is 64.4 Å². The van der Waals surface area contributed by atoms with E-state index in [4.69, 9.17) is 4.74 Å². The van der Waals surface area contributed by atoms with Crippen LogP contribution in [0.3, 0.4) is 0 Å². The van der Waals surface area contributed by atoms with Gasteiger partial charge < -0.3 is 10.1 Å². The Hall–Kier alpha value is -0.800. The van der Waals surface area contributed by atoms with Gasteiger partial charge in [-0.15, -0.1) is 0 Å². The van der Waals surface area contributed by atoms with Crippen LogP contribution in [0, 0.1) is 19.5 Å². The monoisotopic (exact) mass is 382 g/mol. The first-order valence-electron chi connectivity index (χ1n) is 5.84. The summed E-state index contributed by atoms with van der Waals surface area (Å²) in [6, 6.07) is 2.43. The Labute approximate surface area is 124 Å². The molecular formula is C12H16FIN2O3. The van der Waals surface area contributed by atoms with Crippen LogP contribution in [0.5, 0.6) is 0 Å². The van der Waals surface area contributed by atoms with Crippen LogP contribution in [0.4, 0.5) is 10.1 Å². The van der Waals surface area contributed by atoms with Crippen molar-refractivity contribution in [3.8, 4) is 0 Å². The Balaban J connectivity index is 3.03. The molecule has 1 atom stereocenters. The molecule has 0 aliphatic rings. The second-order valence-corrected chi connectivity index (χ2v) is 5.23. The molecule has 1 rings (SSSR count). The van der Waals surface area contributed by atoms with Crippen molar-refractivity contribution in [1.82, 2.24) is 5.32 Å². The molecule has 1 unspecified atom stereocenters. The first kappa shape index (κ1) is 16.3. The van der Waals surface area contributed by atoms with Gasteiger partial charge in [0.15, 0.2) is 0 Å². The van der Waals surface area contributed by atoms with Gasteiger partial charge >= 0.3 is 0 Å². The fourth-order valence-electron chi connectivity index (χ4n) is 1.86. The Kier molecular flexibility index (Phi) is 6.59. The van der Waals surface area contributed by atoms with E-state index >= 15 is 0 Å². The zero-order valence-electron chi connectivity index (χ0n) is 10.8. The van der Waals surface area contributed by atoms with E-state index in [9.17, 15) is 14.5 Å².